The van der Waals surface area contributed by atoms with Gasteiger partial charge in [0, 0.05) is 6.42 Å². The monoisotopic (exact) mass is 428 g/mol. The van der Waals surface area contributed by atoms with Crippen molar-refractivity contribution in [1.29, 1.82) is 0 Å². The molecule has 0 fully saturated rings. The maximum atomic E-state index is 12.2. The number of hydrogen-bond acceptors (Lipinski definition) is 7. The molecule has 7 nitrogen and oxygen atoms in total. The van der Waals surface area contributed by atoms with Crippen molar-refractivity contribution in [3.8, 4) is 5.75 Å². The van der Waals surface area contributed by atoms with Crippen LogP contribution in [-0.2, 0) is 16.0 Å². The van der Waals surface area contributed by atoms with Crippen molar-refractivity contribution in [1.82, 2.24) is 10.2 Å². The molecule has 0 bridgehead atoms. The molecule has 0 aliphatic rings. The fraction of sp³-hybridized carbons (Fsp3) is 0.200. The van der Waals surface area contributed by atoms with E-state index in [2.05, 4.69) is 20.8 Å². The number of para-hydroxylation sites is 2. The quantitative estimate of drug-likeness (QED) is 0.397. The number of aryl methyl sites for hydroxylation is 1. The van der Waals surface area contributed by atoms with E-state index in [1.165, 1.54) is 23.1 Å². The largest absolute Gasteiger partial charge is 0.495 e. The zero-order valence-electron chi connectivity index (χ0n) is 15.8. The summed E-state index contributed by atoms with van der Waals surface area (Å²) in [7, 11) is 1.55. The second-order valence-corrected chi connectivity index (χ2v) is 8.14. The third-order valence-electron chi connectivity index (χ3n) is 3.84. The van der Waals surface area contributed by atoms with Gasteiger partial charge in [0.05, 0.1) is 18.6 Å². The van der Waals surface area contributed by atoms with E-state index in [1.54, 1.807) is 19.2 Å². The van der Waals surface area contributed by atoms with E-state index in [4.69, 9.17) is 4.74 Å². The number of methoxy groups -OCH3 is 1. The molecule has 29 heavy (non-hydrogen) atoms. The Labute approximate surface area is 176 Å². The molecule has 0 radical (unpaired) electrons. The molecule has 0 saturated heterocycles. The van der Waals surface area contributed by atoms with E-state index in [-0.39, 0.29) is 17.6 Å². The Balaban J connectivity index is 1.43. The lowest BCUT2D eigenvalue weighted by Gasteiger charge is -2.08. The second kappa shape index (κ2) is 10.6. The van der Waals surface area contributed by atoms with Gasteiger partial charge in [0.25, 0.3) is 0 Å². The number of carbonyl (C=O) groups excluding carboxylic acids is 2. The van der Waals surface area contributed by atoms with E-state index in [0.717, 1.165) is 5.56 Å². The summed E-state index contributed by atoms with van der Waals surface area (Å²) in [6, 6.07) is 17.0. The average Bonchev–Trinajstić information content (AvgIpc) is 3.19. The Kier molecular flexibility index (Phi) is 7.60. The summed E-state index contributed by atoms with van der Waals surface area (Å²) >= 11 is 2.50. The first-order valence-corrected chi connectivity index (χ1v) is 10.7. The first-order valence-electron chi connectivity index (χ1n) is 8.87. The summed E-state index contributed by atoms with van der Waals surface area (Å²) in [4.78, 5) is 24.2. The van der Waals surface area contributed by atoms with Crippen molar-refractivity contribution in [2.45, 2.75) is 17.2 Å². The van der Waals surface area contributed by atoms with Gasteiger partial charge >= 0.3 is 0 Å². The minimum absolute atomic E-state index is 0.115. The van der Waals surface area contributed by atoms with Gasteiger partial charge in [-0.3, -0.25) is 9.59 Å². The fourth-order valence-corrected chi connectivity index (χ4v) is 4.03. The van der Waals surface area contributed by atoms with Crippen LogP contribution in [0, 0.1) is 0 Å². The number of carbonyl (C=O) groups is 2. The molecule has 0 unspecified atom stereocenters. The zero-order valence-corrected chi connectivity index (χ0v) is 17.4. The molecule has 0 saturated carbocycles. The lowest BCUT2D eigenvalue weighted by atomic mass is 10.1. The van der Waals surface area contributed by atoms with Gasteiger partial charge in [-0.1, -0.05) is 65.6 Å². The van der Waals surface area contributed by atoms with Crippen LogP contribution >= 0.6 is 23.1 Å². The number of anilines is 2. The van der Waals surface area contributed by atoms with Gasteiger partial charge < -0.3 is 15.4 Å². The highest BCUT2D eigenvalue weighted by Crippen LogP contribution is 2.27. The molecule has 3 aromatic rings. The molecule has 2 amide bonds. The fourth-order valence-electron chi connectivity index (χ4n) is 2.46. The molecule has 150 valence electrons. The van der Waals surface area contributed by atoms with Gasteiger partial charge in [-0.25, -0.2) is 0 Å². The van der Waals surface area contributed by atoms with Crippen molar-refractivity contribution in [2.24, 2.45) is 0 Å². The summed E-state index contributed by atoms with van der Waals surface area (Å²) in [5.74, 6) is 0.482. The number of nitrogens with zero attached hydrogens (tertiary/aromatic N) is 2. The van der Waals surface area contributed by atoms with Gasteiger partial charge in [-0.2, -0.15) is 0 Å². The minimum atomic E-state index is -0.178. The van der Waals surface area contributed by atoms with Crippen LogP contribution in [0.2, 0.25) is 0 Å². The van der Waals surface area contributed by atoms with Crippen molar-refractivity contribution < 1.29 is 14.3 Å². The molecule has 0 aliphatic carbocycles. The predicted molar refractivity (Wildman–Crippen MR) is 116 cm³/mol. The highest BCUT2D eigenvalue weighted by atomic mass is 32.2. The first-order chi connectivity index (χ1) is 14.1. The molecule has 0 aliphatic heterocycles. The Morgan fingerprint density at radius 2 is 1.76 bits per heavy atom. The SMILES string of the molecule is COc1ccccc1NC(=O)CSc1nnc(NC(=O)CCc2ccccc2)s1. The summed E-state index contributed by atoms with van der Waals surface area (Å²) < 4.78 is 5.83. The van der Waals surface area contributed by atoms with Crippen LogP contribution in [0.5, 0.6) is 5.75 Å². The molecule has 9 heteroatoms. The first kappa shape index (κ1) is 20.8. The maximum Gasteiger partial charge on any atom is 0.234 e. The molecule has 0 atom stereocenters. The molecule has 1 aromatic heterocycles. The highest BCUT2D eigenvalue weighted by molar-refractivity contribution is 8.01. The van der Waals surface area contributed by atoms with E-state index < -0.39 is 0 Å². The molecule has 1 heterocycles. The standard InChI is InChI=1S/C20H20N4O3S2/c1-27-16-10-6-5-9-15(16)21-18(26)13-28-20-24-23-19(29-20)22-17(25)12-11-14-7-3-2-4-8-14/h2-10H,11-13H2,1H3,(H,21,26)(H,22,23,25). The van der Waals surface area contributed by atoms with Crippen LogP contribution in [0.4, 0.5) is 10.8 Å². The second-order valence-electron chi connectivity index (χ2n) is 5.94. The van der Waals surface area contributed by atoms with Crippen LogP contribution in [0.25, 0.3) is 0 Å². The number of rotatable bonds is 9. The topological polar surface area (TPSA) is 93.2 Å². The van der Waals surface area contributed by atoms with E-state index in [1.807, 2.05) is 42.5 Å². The Morgan fingerprint density at radius 3 is 2.55 bits per heavy atom. The smallest absolute Gasteiger partial charge is 0.234 e. The van der Waals surface area contributed by atoms with Crippen LogP contribution in [0.15, 0.2) is 58.9 Å². The van der Waals surface area contributed by atoms with Crippen molar-refractivity contribution >= 4 is 45.7 Å². The number of benzene rings is 2. The van der Waals surface area contributed by atoms with Gasteiger partial charge in [0.15, 0.2) is 4.34 Å². The van der Waals surface area contributed by atoms with E-state index >= 15 is 0 Å². The number of ether oxygens (including phenoxy) is 1. The maximum absolute atomic E-state index is 12.2. The summed E-state index contributed by atoms with van der Waals surface area (Å²) in [5.41, 5.74) is 1.72. The Bertz CT molecular complexity index is 963. The Morgan fingerprint density at radius 1 is 1.00 bits per heavy atom. The van der Waals surface area contributed by atoms with Crippen LogP contribution < -0.4 is 15.4 Å². The molecular formula is C20H20N4O3S2. The van der Waals surface area contributed by atoms with Gasteiger partial charge in [-0.05, 0) is 24.1 Å². The number of nitrogens with one attached hydrogen (secondary N) is 2. The lowest BCUT2D eigenvalue weighted by Crippen LogP contribution is -2.14. The van der Waals surface area contributed by atoms with Crippen molar-refractivity contribution in [3.63, 3.8) is 0 Å². The highest BCUT2D eigenvalue weighted by Gasteiger charge is 2.12. The van der Waals surface area contributed by atoms with Crippen LogP contribution in [0.1, 0.15) is 12.0 Å². The predicted octanol–water partition coefficient (Wildman–Crippen LogP) is 3.85. The van der Waals surface area contributed by atoms with Crippen LogP contribution in [0.3, 0.4) is 0 Å². The third-order valence-corrected chi connectivity index (χ3v) is 5.82. The van der Waals surface area contributed by atoms with Gasteiger partial charge in [0.2, 0.25) is 16.9 Å². The van der Waals surface area contributed by atoms with E-state index in [9.17, 15) is 9.59 Å². The van der Waals surface area contributed by atoms with Crippen molar-refractivity contribution in [3.05, 3.63) is 60.2 Å². The summed E-state index contributed by atoms with van der Waals surface area (Å²) in [6.45, 7) is 0. The average molecular weight is 429 g/mol. The third kappa shape index (κ3) is 6.58. The number of thioether (sulfide) groups is 1. The van der Waals surface area contributed by atoms with Crippen LogP contribution in [-0.4, -0.2) is 34.9 Å². The number of aromatic nitrogens is 2. The number of amides is 2. The summed E-state index contributed by atoms with van der Waals surface area (Å²) in [6.07, 6.45) is 1.03. The molecule has 2 aromatic carbocycles. The molecule has 2 N–H and O–H groups in total. The van der Waals surface area contributed by atoms with Crippen molar-refractivity contribution in [2.75, 3.05) is 23.5 Å². The summed E-state index contributed by atoms with van der Waals surface area (Å²) in [5, 5.41) is 14.0. The molecule has 0 spiro atoms. The van der Waals surface area contributed by atoms with Gasteiger partial charge in [0.1, 0.15) is 5.75 Å². The lowest BCUT2D eigenvalue weighted by molar-refractivity contribution is -0.116. The Hall–Kier alpha value is -2.91. The van der Waals surface area contributed by atoms with Gasteiger partial charge in [-0.15, -0.1) is 10.2 Å². The minimum Gasteiger partial charge on any atom is -0.495 e. The zero-order chi connectivity index (χ0) is 20.5. The molecular weight excluding hydrogens is 408 g/mol. The van der Waals surface area contributed by atoms with E-state index in [0.29, 0.717) is 33.7 Å². The normalized spacial score (nSPS) is 10.4. The number of hydrogen-bond donors (Lipinski definition) is 2. The molecule has 3 rings (SSSR count).